The fraction of sp³-hybridized carbons (Fsp3) is 0.522. The van der Waals surface area contributed by atoms with Crippen molar-refractivity contribution in [3.63, 3.8) is 0 Å². The number of hydrogen-bond donors (Lipinski definition) is 0. The minimum Gasteiger partial charge on any atom is -0.444 e. The molecule has 0 radical (unpaired) electrons. The van der Waals surface area contributed by atoms with Crippen molar-refractivity contribution >= 4 is 44.5 Å². The molecule has 1 amide bonds. The van der Waals surface area contributed by atoms with Gasteiger partial charge in [0, 0.05) is 42.3 Å². The Bertz CT molecular complexity index is 1190. The number of likely N-dealkylation sites (tertiary alicyclic amines) is 1. The number of carbonyl (C=O) groups is 1. The second-order valence-corrected chi connectivity index (χ2v) is 10.6. The van der Waals surface area contributed by atoms with Gasteiger partial charge in [0.05, 0.1) is 22.8 Å². The van der Waals surface area contributed by atoms with Crippen LogP contribution in [0, 0.1) is 13.8 Å². The zero-order valence-electron chi connectivity index (χ0n) is 19.4. The fourth-order valence-electron chi connectivity index (χ4n) is 4.38. The molecule has 172 valence electrons. The van der Waals surface area contributed by atoms with E-state index in [9.17, 15) is 4.79 Å². The SMILES string of the molecule is Cc1cc2c(cnn2C)c(-c2c(Br)nn(C3CCN(C(=O)OC(C)(C)C)CC3)c2C)c1Cl. The molecule has 0 atom stereocenters. The van der Waals surface area contributed by atoms with Gasteiger partial charge in [-0.15, -0.1) is 0 Å². The average Bonchev–Trinajstić information content (AvgIpc) is 3.21. The molecule has 1 aliphatic rings. The molecule has 3 heterocycles. The van der Waals surface area contributed by atoms with Gasteiger partial charge >= 0.3 is 6.09 Å². The highest BCUT2D eigenvalue weighted by molar-refractivity contribution is 9.10. The molecule has 1 aromatic carbocycles. The lowest BCUT2D eigenvalue weighted by atomic mass is 9.99. The van der Waals surface area contributed by atoms with Gasteiger partial charge in [-0.2, -0.15) is 10.2 Å². The largest absolute Gasteiger partial charge is 0.444 e. The van der Waals surface area contributed by atoms with E-state index in [-0.39, 0.29) is 12.1 Å². The van der Waals surface area contributed by atoms with Crippen LogP contribution in [-0.4, -0.2) is 49.2 Å². The van der Waals surface area contributed by atoms with Crippen molar-refractivity contribution in [2.45, 2.75) is 59.1 Å². The van der Waals surface area contributed by atoms with Crippen LogP contribution >= 0.6 is 27.5 Å². The zero-order chi connectivity index (χ0) is 23.4. The molecule has 1 aliphatic heterocycles. The second-order valence-electron chi connectivity index (χ2n) is 9.48. The number of ether oxygens (including phenoxy) is 1. The summed E-state index contributed by atoms with van der Waals surface area (Å²) in [6.07, 6.45) is 3.24. The van der Waals surface area contributed by atoms with Crippen LogP contribution in [0.2, 0.25) is 5.02 Å². The highest BCUT2D eigenvalue weighted by Gasteiger charge is 2.30. The summed E-state index contributed by atoms with van der Waals surface area (Å²) >= 11 is 10.5. The lowest BCUT2D eigenvalue weighted by Gasteiger charge is -2.33. The van der Waals surface area contributed by atoms with Crippen LogP contribution in [0.1, 0.15) is 50.9 Å². The first-order chi connectivity index (χ1) is 15.0. The molecule has 2 aromatic heterocycles. The van der Waals surface area contributed by atoms with Crippen LogP contribution in [0.4, 0.5) is 4.79 Å². The summed E-state index contributed by atoms with van der Waals surface area (Å²) in [5, 5.41) is 11.0. The van der Waals surface area contributed by atoms with E-state index in [0.717, 1.165) is 50.7 Å². The Morgan fingerprint density at radius 2 is 1.88 bits per heavy atom. The summed E-state index contributed by atoms with van der Waals surface area (Å²) in [7, 11) is 1.93. The normalized spacial score (nSPS) is 15.6. The predicted molar refractivity (Wildman–Crippen MR) is 130 cm³/mol. The Kier molecular flexibility index (Phi) is 6.05. The van der Waals surface area contributed by atoms with E-state index in [4.69, 9.17) is 21.4 Å². The quantitative estimate of drug-likeness (QED) is 0.411. The Hall–Kier alpha value is -2.06. The molecule has 0 bridgehead atoms. The standard InChI is InChI=1S/C23H29BrClN5O2/c1-13-11-17-16(12-26-28(17)6)19(20(13)25)18-14(2)30(27-21(18)24)15-7-9-29(10-8-15)22(31)32-23(3,4)5/h11-12,15H,7-10H2,1-6H3. The van der Waals surface area contributed by atoms with Crippen LogP contribution in [0.5, 0.6) is 0 Å². The van der Waals surface area contributed by atoms with Crippen molar-refractivity contribution < 1.29 is 9.53 Å². The van der Waals surface area contributed by atoms with Crippen LogP contribution in [0.15, 0.2) is 16.9 Å². The molecule has 9 heteroatoms. The van der Waals surface area contributed by atoms with Gasteiger partial charge in [0.15, 0.2) is 0 Å². The van der Waals surface area contributed by atoms with Gasteiger partial charge in [0.2, 0.25) is 0 Å². The predicted octanol–water partition coefficient (Wildman–Crippen LogP) is 6.04. The van der Waals surface area contributed by atoms with Gasteiger partial charge in [-0.05, 0) is 75.0 Å². The molecule has 0 spiro atoms. The van der Waals surface area contributed by atoms with Crippen LogP contribution in [0.3, 0.4) is 0 Å². The Morgan fingerprint density at radius 1 is 1.22 bits per heavy atom. The van der Waals surface area contributed by atoms with E-state index < -0.39 is 5.60 Å². The average molecular weight is 523 g/mol. The highest BCUT2D eigenvalue weighted by Crippen LogP contribution is 2.43. The zero-order valence-corrected chi connectivity index (χ0v) is 21.7. The Labute approximate surface area is 201 Å². The second kappa shape index (κ2) is 8.37. The lowest BCUT2D eigenvalue weighted by molar-refractivity contribution is 0.0184. The molecule has 0 unspecified atom stereocenters. The number of rotatable bonds is 2. The third kappa shape index (κ3) is 4.15. The van der Waals surface area contributed by atoms with Crippen molar-refractivity contribution in [1.82, 2.24) is 24.5 Å². The monoisotopic (exact) mass is 521 g/mol. The Morgan fingerprint density at radius 3 is 2.50 bits per heavy atom. The van der Waals surface area contributed by atoms with Gasteiger partial charge < -0.3 is 9.64 Å². The van der Waals surface area contributed by atoms with Gasteiger partial charge in [-0.25, -0.2) is 4.79 Å². The summed E-state index contributed by atoms with van der Waals surface area (Å²) in [4.78, 5) is 14.2. The number of nitrogens with zero attached hydrogens (tertiary/aromatic N) is 5. The van der Waals surface area contributed by atoms with E-state index in [0.29, 0.717) is 18.1 Å². The minimum atomic E-state index is -0.489. The van der Waals surface area contributed by atoms with E-state index >= 15 is 0 Å². The number of amides is 1. The minimum absolute atomic E-state index is 0.201. The number of aromatic nitrogens is 4. The smallest absolute Gasteiger partial charge is 0.410 e. The molecule has 7 nitrogen and oxygen atoms in total. The molecule has 3 aromatic rings. The van der Waals surface area contributed by atoms with Crippen LogP contribution < -0.4 is 0 Å². The van der Waals surface area contributed by atoms with Crippen molar-refractivity contribution in [3.05, 3.63) is 33.1 Å². The number of piperidine rings is 1. The topological polar surface area (TPSA) is 65.2 Å². The molecule has 32 heavy (non-hydrogen) atoms. The molecule has 4 rings (SSSR count). The number of fused-ring (bicyclic) bond motifs is 1. The van der Waals surface area contributed by atoms with Crippen molar-refractivity contribution in [2.24, 2.45) is 7.05 Å². The summed E-state index contributed by atoms with van der Waals surface area (Å²) in [5.41, 5.74) is 4.54. The number of benzene rings is 1. The maximum Gasteiger partial charge on any atom is 0.410 e. The maximum absolute atomic E-state index is 12.4. The maximum atomic E-state index is 12.4. The number of carbonyl (C=O) groups excluding carboxylic acids is 1. The number of halogens is 2. The first-order valence-corrected chi connectivity index (χ1v) is 12.0. The van der Waals surface area contributed by atoms with Crippen molar-refractivity contribution in [1.29, 1.82) is 0 Å². The third-order valence-corrected chi connectivity index (χ3v) is 7.03. The highest BCUT2D eigenvalue weighted by atomic mass is 79.9. The van der Waals surface area contributed by atoms with Crippen molar-refractivity contribution in [3.8, 4) is 11.1 Å². The molecule has 0 saturated carbocycles. The summed E-state index contributed by atoms with van der Waals surface area (Å²) < 4.78 is 10.2. The van der Waals surface area contributed by atoms with E-state index in [1.165, 1.54) is 0 Å². The molecular formula is C23H29BrClN5O2. The van der Waals surface area contributed by atoms with Gasteiger partial charge in [-0.1, -0.05) is 11.6 Å². The molecular weight excluding hydrogens is 494 g/mol. The number of aryl methyl sites for hydroxylation is 2. The van der Waals surface area contributed by atoms with E-state index in [2.05, 4.69) is 38.7 Å². The molecule has 1 saturated heterocycles. The van der Waals surface area contributed by atoms with Gasteiger partial charge in [0.25, 0.3) is 0 Å². The lowest BCUT2D eigenvalue weighted by Crippen LogP contribution is -2.42. The number of hydrogen-bond acceptors (Lipinski definition) is 4. The molecule has 0 aliphatic carbocycles. The molecule has 1 fully saturated rings. The first-order valence-electron chi connectivity index (χ1n) is 10.8. The first kappa shape index (κ1) is 23.1. The van der Waals surface area contributed by atoms with Gasteiger partial charge in [0.1, 0.15) is 10.2 Å². The fourth-order valence-corrected chi connectivity index (χ4v) is 5.29. The Balaban J connectivity index is 1.64. The summed E-state index contributed by atoms with van der Waals surface area (Å²) in [6, 6.07) is 2.26. The third-order valence-electron chi connectivity index (χ3n) is 5.99. The van der Waals surface area contributed by atoms with Crippen molar-refractivity contribution in [2.75, 3.05) is 13.1 Å². The summed E-state index contributed by atoms with van der Waals surface area (Å²) in [6.45, 7) is 11.0. The van der Waals surface area contributed by atoms with Gasteiger partial charge in [-0.3, -0.25) is 9.36 Å². The summed E-state index contributed by atoms with van der Waals surface area (Å²) in [5.74, 6) is 0. The molecule has 0 N–H and O–H groups in total. The van der Waals surface area contributed by atoms with Crippen LogP contribution in [0.25, 0.3) is 22.0 Å². The van der Waals surface area contributed by atoms with Crippen LogP contribution in [-0.2, 0) is 11.8 Å². The van der Waals surface area contributed by atoms with E-state index in [1.807, 2.05) is 45.6 Å². The van der Waals surface area contributed by atoms with E-state index in [1.54, 1.807) is 4.90 Å².